The Hall–Kier alpha value is -1.62. The van der Waals surface area contributed by atoms with Crippen molar-refractivity contribution < 1.29 is 4.79 Å². The summed E-state index contributed by atoms with van der Waals surface area (Å²) in [5.41, 5.74) is 3.47. The zero-order chi connectivity index (χ0) is 15.0. The number of carbonyl (C=O) groups excluding carboxylic acids is 1. The van der Waals surface area contributed by atoms with Gasteiger partial charge in [0.2, 0.25) is 0 Å². The van der Waals surface area contributed by atoms with Gasteiger partial charge in [-0.2, -0.15) is 5.10 Å². The van der Waals surface area contributed by atoms with Crippen molar-refractivity contribution in [1.82, 2.24) is 15.1 Å². The quantitative estimate of drug-likeness (QED) is 0.918. The summed E-state index contributed by atoms with van der Waals surface area (Å²) >= 11 is 3.56. The van der Waals surface area contributed by atoms with Gasteiger partial charge in [0.25, 0.3) is 5.91 Å². The Morgan fingerprint density at radius 3 is 2.67 bits per heavy atom. The zero-order valence-electron chi connectivity index (χ0n) is 12.2. The lowest BCUT2D eigenvalue weighted by Crippen LogP contribution is -2.33. The second-order valence-electron chi connectivity index (χ2n) is 5.56. The maximum atomic E-state index is 12.9. The van der Waals surface area contributed by atoms with Crippen LogP contribution in [0.1, 0.15) is 40.2 Å². The molecule has 1 aromatic heterocycles. The van der Waals surface area contributed by atoms with Crippen LogP contribution in [-0.4, -0.2) is 27.0 Å². The summed E-state index contributed by atoms with van der Waals surface area (Å²) in [5, 5.41) is 7.04. The molecule has 1 aromatic carbocycles. The van der Waals surface area contributed by atoms with E-state index in [0.29, 0.717) is 18.2 Å². The van der Waals surface area contributed by atoms with Gasteiger partial charge in [0.15, 0.2) is 0 Å². The number of halogens is 1. The molecule has 3 rings (SSSR count). The highest BCUT2D eigenvalue weighted by molar-refractivity contribution is 9.10. The fraction of sp³-hybridized carbons (Fsp3) is 0.375. The average molecular weight is 348 g/mol. The lowest BCUT2D eigenvalue weighted by molar-refractivity contribution is 0.0728. The fourth-order valence-corrected chi connectivity index (χ4v) is 2.98. The van der Waals surface area contributed by atoms with Crippen LogP contribution in [0.15, 0.2) is 28.7 Å². The van der Waals surface area contributed by atoms with Crippen LogP contribution < -0.4 is 0 Å². The average Bonchev–Trinajstić information content (AvgIpc) is 3.23. The number of aromatic amines is 1. The highest BCUT2D eigenvalue weighted by atomic mass is 79.9. The first kappa shape index (κ1) is 14.3. The summed E-state index contributed by atoms with van der Waals surface area (Å²) in [6.07, 6.45) is 2.18. The van der Waals surface area contributed by atoms with Gasteiger partial charge >= 0.3 is 0 Å². The first-order valence-electron chi connectivity index (χ1n) is 7.14. The molecule has 1 fully saturated rings. The van der Waals surface area contributed by atoms with Gasteiger partial charge in [0.05, 0.1) is 11.3 Å². The molecule has 1 aliphatic carbocycles. The van der Waals surface area contributed by atoms with Crippen LogP contribution in [0.5, 0.6) is 0 Å². The Bertz CT molecular complexity index is 656. The van der Waals surface area contributed by atoms with Gasteiger partial charge in [-0.1, -0.05) is 34.1 Å². The third-order valence-corrected chi connectivity index (χ3v) is 4.66. The molecular weight excluding hydrogens is 330 g/mol. The smallest absolute Gasteiger partial charge is 0.258 e. The molecule has 0 bridgehead atoms. The van der Waals surface area contributed by atoms with Gasteiger partial charge in [-0.05, 0) is 38.3 Å². The molecule has 1 amide bonds. The highest BCUT2D eigenvalue weighted by Crippen LogP contribution is 2.32. The normalized spacial score (nSPS) is 14.2. The molecule has 1 saturated carbocycles. The number of benzene rings is 1. The number of carbonyl (C=O) groups is 1. The molecule has 0 aliphatic heterocycles. The van der Waals surface area contributed by atoms with Crippen molar-refractivity contribution in [3.8, 4) is 0 Å². The number of hydrogen-bond donors (Lipinski definition) is 1. The highest BCUT2D eigenvalue weighted by Gasteiger charge is 2.35. The van der Waals surface area contributed by atoms with E-state index in [4.69, 9.17) is 0 Å². The lowest BCUT2D eigenvalue weighted by Gasteiger charge is -2.23. The van der Waals surface area contributed by atoms with Crippen molar-refractivity contribution in [2.75, 3.05) is 0 Å². The largest absolute Gasteiger partial charge is 0.331 e. The second-order valence-corrected chi connectivity index (χ2v) is 6.42. The molecule has 110 valence electrons. The summed E-state index contributed by atoms with van der Waals surface area (Å²) in [6, 6.07) is 8.42. The molecule has 1 heterocycles. The van der Waals surface area contributed by atoms with E-state index in [9.17, 15) is 4.79 Å². The Kier molecular flexibility index (Phi) is 3.85. The number of nitrogens with zero attached hydrogens (tertiary/aromatic N) is 2. The van der Waals surface area contributed by atoms with E-state index in [-0.39, 0.29) is 5.91 Å². The van der Waals surface area contributed by atoms with Crippen molar-refractivity contribution in [2.45, 2.75) is 39.3 Å². The molecule has 21 heavy (non-hydrogen) atoms. The van der Waals surface area contributed by atoms with Crippen molar-refractivity contribution in [2.24, 2.45) is 0 Å². The van der Waals surface area contributed by atoms with Crippen LogP contribution in [0.25, 0.3) is 0 Å². The Morgan fingerprint density at radius 1 is 1.38 bits per heavy atom. The van der Waals surface area contributed by atoms with Gasteiger partial charge in [-0.15, -0.1) is 0 Å². The van der Waals surface area contributed by atoms with Crippen molar-refractivity contribution in [3.63, 3.8) is 0 Å². The number of hydrogen-bond acceptors (Lipinski definition) is 2. The van der Waals surface area contributed by atoms with Crippen LogP contribution >= 0.6 is 15.9 Å². The summed E-state index contributed by atoms with van der Waals surface area (Å²) in [4.78, 5) is 14.9. The monoisotopic (exact) mass is 347 g/mol. The number of aromatic nitrogens is 2. The zero-order valence-corrected chi connectivity index (χ0v) is 13.8. The van der Waals surface area contributed by atoms with E-state index in [1.807, 2.05) is 36.9 Å². The van der Waals surface area contributed by atoms with Gasteiger partial charge in [-0.3, -0.25) is 9.89 Å². The van der Waals surface area contributed by atoms with Gasteiger partial charge in [0.1, 0.15) is 0 Å². The van der Waals surface area contributed by atoms with E-state index < -0.39 is 0 Å². The Balaban J connectivity index is 1.89. The Morgan fingerprint density at radius 2 is 2.10 bits per heavy atom. The predicted molar refractivity (Wildman–Crippen MR) is 85.1 cm³/mol. The summed E-state index contributed by atoms with van der Waals surface area (Å²) in [7, 11) is 0. The van der Waals surface area contributed by atoms with E-state index in [2.05, 4.69) is 32.2 Å². The number of H-pyrrole nitrogens is 1. The summed E-state index contributed by atoms with van der Waals surface area (Å²) < 4.78 is 1.05. The SMILES string of the molecule is Cc1n[nH]c(C)c1C(=O)N(Cc1ccccc1Br)C1CC1. The first-order chi connectivity index (χ1) is 10.1. The van der Waals surface area contributed by atoms with Crippen molar-refractivity contribution >= 4 is 21.8 Å². The standard InChI is InChI=1S/C16H18BrN3O/c1-10-15(11(2)19-18-10)16(21)20(13-7-8-13)9-12-5-3-4-6-14(12)17/h3-6,13H,7-9H2,1-2H3,(H,18,19). The molecular formula is C16H18BrN3O. The molecule has 4 nitrogen and oxygen atoms in total. The summed E-state index contributed by atoms with van der Waals surface area (Å²) in [6.45, 7) is 4.41. The molecule has 0 radical (unpaired) electrons. The molecule has 0 atom stereocenters. The van der Waals surface area contributed by atoms with Crippen molar-refractivity contribution in [1.29, 1.82) is 0 Å². The maximum Gasteiger partial charge on any atom is 0.258 e. The Labute approximate surface area is 132 Å². The molecule has 0 unspecified atom stereocenters. The van der Waals surface area contributed by atoms with E-state index >= 15 is 0 Å². The molecule has 5 heteroatoms. The number of aryl methyl sites for hydroxylation is 2. The predicted octanol–water partition coefficient (Wildman–Crippen LogP) is 3.59. The molecule has 1 aliphatic rings. The molecule has 1 N–H and O–H groups in total. The second kappa shape index (κ2) is 5.64. The van der Waals surface area contributed by atoms with Crippen LogP contribution in [-0.2, 0) is 6.54 Å². The molecule has 0 saturated heterocycles. The van der Waals surface area contributed by atoms with E-state index in [1.54, 1.807) is 0 Å². The fourth-order valence-electron chi connectivity index (χ4n) is 2.57. The minimum Gasteiger partial charge on any atom is -0.331 e. The third kappa shape index (κ3) is 2.88. The number of nitrogens with one attached hydrogen (secondary N) is 1. The molecule has 2 aromatic rings. The third-order valence-electron chi connectivity index (χ3n) is 3.89. The van der Waals surface area contributed by atoms with Gasteiger partial charge < -0.3 is 4.90 Å². The topological polar surface area (TPSA) is 49.0 Å². The maximum absolute atomic E-state index is 12.9. The van der Waals surface area contributed by atoms with Crippen LogP contribution in [0.2, 0.25) is 0 Å². The number of amides is 1. The van der Waals surface area contributed by atoms with Crippen LogP contribution in [0.4, 0.5) is 0 Å². The van der Waals surface area contributed by atoms with Crippen LogP contribution in [0, 0.1) is 13.8 Å². The lowest BCUT2D eigenvalue weighted by atomic mass is 10.1. The number of rotatable bonds is 4. The van der Waals surface area contributed by atoms with Gasteiger partial charge in [0, 0.05) is 22.8 Å². The van der Waals surface area contributed by atoms with Crippen LogP contribution in [0.3, 0.4) is 0 Å². The minimum atomic E-state index is 0.0806. The van der Waals surface area contributed by atoms with Gasteiger partial charge in [-0.25, -0.2) is 0 Å². The first-order valence-corrected chi connectivity index (χ1v) is 7.93. The minimum absolute atomic E-state index is 0.0806. The van der Waals surface area contributed by atoms with Crippen molar-refractivity contribution in [3.05, 3.63) is 51.3 Å². The van der Waals surface area contributed by atoms with E-state index in [0.717, 1.165) is 34.3 Å². The van der Waals surface area contributed by atoms with E-state index in [1.165, 1.54) is 0 Å². The summed E-state index contributed by atoms with van der Waals surface area (Å²) in [5.74, 6) is 0.0806. The molecule has 0 spiro atoms.